The van der Waals surface area contributed by atoms with Crippen LogP contribution >= 0.6 is 0 Å². The van der Waals surface area contributed by atoms with E-state index in [2.05, 4.69) is 66.9 Å². The van der Waals surface area contributed by atoms with Gasteiger partial charge in [0.2, 0.25) is 10.4 Å². The van der Waals surface area contributed by atoms with Crippen molar-refractivity contribution in [2.45, 2.75) is 504 Å². The number of hydrogen-bond donors (Lipinski definition) is 3. The summed E-state index contributed by atoms with van der Waals surface area (Å²) in [7, 11) is -1.62. The predicted molar refractivity (Wildman–Crippen MR) is 477 cm³/mol. The Hall–Kier alpha value is -0.500. The summed E-state index contributed by atoms with van der Waals surface area (Å²) in [5.41, 5.74) is 0. The lowest BCUT2D eigenvalue weighted by atomic mass is 10.0. The van der Waals surface area contributed by atoms with Gasteiger partial charge in [0, 0.05) is 10.4 Å². The molecule has 0 radical (unpaired) electrons. The van der Waals surface area contributed by atoms with E-state index in [4.69, 9.17) is 17.5 Å². The standard InChI is InChI=1S/3C31H66NO.CH4O4S.H2O4S/c3*1-4-6-8-10-12-14-16-18-20-22-24-26-28-32(3,30-31-33)29-27-25-23-21-19-17-15-13-11-9-7-5-2;1-5-6(2,3)4;1-5(2,3)4/h3*33H,4-31H2,1-3H3;1H3,(H,2,3,4);(H2,1,2,3,4)/q3*+1;;/p-3. The number of likely N-dealkylation sites (N-methyl/N-ethyl adjacent to an activating group) is 3. The van der Waals surface area contributed by atoms with Gasteiger partial charge in [-0.05, 0) is 77.0 Å². The molecule has 110 heavy (non-hydrogen) atoms. The summed E-state index contributed by atoms with van der Waals surface area (Å²) in [5.74, 6) is 0. The zero-order valence-corrected chi connectivity index (χ0v) is 77.8. The van der Waals surface area contributed by atoms with E-state index in [9.17, 15) is 28.3 Å². The molecule has 0 aromatic rings. The number of aliphatic hydroxyl groups excluding tert-OH is 3. The van der Waals surface area contributed by atoms with Gasteiger partial charge in [-0.1, -0.05) is 427 Å². The maximum absolute atomic E-state index is 9.57. The van der Waals surface area contributed by atoms with E-state index in [-0.39, 0.29) is 0 Å². The maximum atomic E-state index is 9.57. The minimum atomic E-state index is -5.17. The van der Waals surface area contributed by atoms with Crippen molar-refractivity contribution in [1.82, 2.24) is 0 Å². The molecule has 0 aromatic carbocycles. The molecule has 0 spiro atoms. The lowest BCUT2D eigenvalue weighted by Gasteiger charge is -2.34. The molecule has 0 amide bonds. The molecule has 0 fully saturated rings. The highest BCUT2D eigenvalue weighted by atomic mass is 32.3. The van der Waals surface area contributed by atoms with Crippen molar-refractivity contribution in [3.63, 3.8) is 0 Å². The summed E-state index contributed by atoms with van der Waals surface area (Å²) >= 11 is 0. The average Bonchev–Trinajstić information content (AvgIpc) is 0.920. The normalized spacial score (nSPS) is 12.0. The highest BCUT2D eigenvalue weighted by Gasteiger charge is 2.22. The Morgan fingerprint density at radius 2 is 0.282 bits per heavy atom. The third-order valence-corrected chi connectivity index (χ3v) is 23.8. The second kappa shape index (κ2) is 95.6. The molecule has 3 N–H and O–H groups in total. The monoisotopic (exact) mass is 1610 g/mol. The molecule has 0 saturated heterocycles. The first-order chi connectivity index (χ1) is 53.1. The van der Waals surface area contributed by atoms with E-state index in [1.165, 1.54) is 502 Å². The number of hydrogen-bond acceptors (Lipinski definition) is 11. The van der Waals surface area contributed by atoms with E-state index in [1.807, 2.05) is 0 Å². The van der Waals surface area contributed by atoms with Gasteiger partial charge in [-0.2, -0.15) is 0 Å². The van der Waals surface area contributed by atoms with Gasteiger partial charge in [-0.25, -0.2) is 8.42 Å². The van der Waals surface area contributed by atoms with Gasteiger partial charge in [0.1, 0.15) is 19.6 Å². The molecule has 0 aliphatic carbocycles. The molecule has 0 aromatic heterocycles. The third kappa shape index (κ3) is 112. The van der Waals surface area contributed by atoms with Crippen LogP contribution in [-0.2, 0) is 25.0 Å². The summed E-state index contributed by atoms with van der Waals surface area (Å²) in [6, 6.07) is 0. The lowest BCUT2D eigenvalue weighted by molar-refractivity contribution is -0.910. The zero-order valence-electron chi connectivity index (χ0n) is 76.2. The second-order valence-corrected chi connectivity index (χ2v) is 36.8. The van der Waals surface area contributed by atoms with Crippen LogP contribution < -0.4 is 0 Å². The van der Waals surface area contributed by atoms with Crippen molar-refractivity contribution in [2.75, 3.05) is 107 Å². The van der Waals surface area contributed by atoms with Crippen LogP contribution in [-0.4, -0.2) is 166 Å². The van der Waals surface area contributed by atoms with E-state index in [0.29, 0.717) is 19.8 Å². The molecule has 0 aliphatic rings. The first kappa shape index (κ1) is 118. The minimum Gasteiger partial charge on any atom is -0.759 e. The van der Waals surface area contributed by atoms with Crippen LogP contribution in [0.5, 0.6) is 0 Å². The molecular formula is C94H201N3O11S2. The van der Waals surface area contributed by atoms with Crippen LogP contribution in [0.3, 0.4) is 0 Å². The summed E-state index contributed by atoms with van der Waals surface area (Å²) < 4.78 is 68.4. The number of unbranched alkanes of at least 4 members (excludes halogenated alkanes) is 66. The Bertz CT molecular complexity index is 1650. The Labute approximate surface area is 691 Å². The van der Waals surface area contributed by atoms with Crippen molar-refractivity contribution in [3.05, 3.63) is 0 Å². The first-order valence-corrected chi connectivity index (χ1v) is 51.3. The molecule has 16 heteroatoms. The summed E-state index contributed by atoms with van der Waals surface area (Å²) in [6.45, 7) is 25.2. The van der Waals surface area contributed by atoms with Gasteiger partial charge in [-0.15, -0.1) is 0 Å². The van der Waals surface area contributed by atoms with Crippen molar-refractivity contribution in [2.24, 2.45) is 0 Å². The quantitative estimate of drug-likeness (QED) is 0.0226. The molecule has 0 atom stereocenters. The third-order valence-electron chi connectivity index (χ3n) is 23.4. The molecule has 14 nitrogen and oxygen atoms in total. The van der Waals surface area contributed by atoms with E-state index in [1.54, 1.807) is 0 Å². The van der Waals surface area contributed by atoms with Crippen LogP contribution in [0.2, 0.25) is 0 Å². The Kier molecular flexibility index (Phi) is 103. The Morgan fingerprint density at radius 1 is 0.200 bits per heavy atom. The fourth-order valence-electron chi connectivity index (χ4n) is 15.7. The highest BCUT2D eigenvalue weighted by molar-refractivity contribution is 7.80. The van der Waals surface area contributed by atoms with Gasteiger partial charge in [0.05, 0.1) is 87.3 Å². The molecular weight excluding hydrogens is 1410 g/mol. The SMILES string of the molecule is CCCCCCCCCCCCCC[N+](C)(CCO)CCCCCCCCCCCCCC.CCCCCCCCCCCCCC[N+](C)(CCO)CCCCCCCCCCCCCC.CCCCCCCCCCCCCC[N+](C)(CCO)CCCCCCCCCCCCCC.COS(=O)(=O)[O-].O=S(=O)([O-])[O-]. The number of nitrogens with zero attached hydrogens (tertiary/aromatic N) is 3. The van der Waals surface area contributed by atoms with Gasteiger partial charge in [-0.3, -0.25) is 12.6 Å². The molecule has 0 rings (SSSR count). The topological polar surface area (TPSA) is 207 Å². The number of rotatable bonds is 85. The molecule has 0 unspecified atom stereocenters. The molecule has 0 aliphatic heterocycles. The smallest absolute Gasteiger partial charge is 0.217 e. The predicted octanol–water partition coefficient (Wildman–Crippen LogP) is 27.2. The van der Waals surface area contributed by atoms with Crippen LogP contribution in [0.25, 0.3) is 0 Å². The minimum absolute atomic E-state index is 0.340. The van der Waals surface area contributed by atoms with Crippen LogP contribution in [0.4, 0.5) is 0 Å². The van der Waals surface area contributed by atoms with Crippen molar-refractivity contribution >= 4 is 20.8 Å². The van der Waals surface area contributed by atoms with Crippen LogP contribution in [0, 0.1) is 0 Å². The first-order valence-electron chi connectivity index (χ1n) is 48.6. The van der Waals surface area contributed by atoms with Gasteiger partial charge in [0.25, 0.3) is 0 Å². The molecule has 0 heterocycles. The molecule has 670 valence electrons. The lowest BCUT2D eigenvalue weighted by Crippen LogP contribution is -2.47. The Balaban J connectivity index is -0.000000467. The summed E-state index contributed by atoms with van der Waals surface area (Å²) in [6.07, 6.45) is 102. The van der Waals surface area contributed by atoms with E-state index >= 15 is 0 Å². The van der Waals surface area contributed by atoms with Crippen molar-refractivity contribution < 1.29 is 63.4 Å². The van der Waals surface area contributed by atoms with Gasteiger partial charge in [0.15, 0.2) is 0 Å². The van der Waals surface area contributed by atoms with Crippen LogP contribution in [0.1, 0.15) is 504 Å². The number of aliphatic hydroxyl groups is 3. The zero-order chi connectivity index (χ0) is 82.6. The second-order valence-electron chi connectivity index (χ2n) is 34.9. The van der Waals surface area contributed by atoms with Crippen molar-refractivity contribution in [1.29, 1.82) is 0 Å². The van der Waals surface area contributed by atoms with Crippen molar-refractivity contribution in [3.8, 4) is 0 Å². The summed E-state index contributed by atoms with van der Waals surface area (Å²) in [5, 5.41) is 28.7. The Morgan fingerprint density at radius 3 is 0.355 bits per heavy atom. The maximum Gasteiger partial charge on any atom is 0.217 e. The average molecular weight is 1610 g/mol. The van der Waals surface area contributed by atoms with Gasteiger partial charge < -0.3 is 42.4 Å². The fourth-order valence-corrected chi connectivity index (χ4v) is 15.7. The van der Waals surface area contributed by atoms with E-state index < -0.39 is 20.8 Å². The number of quaternary nitrogens is 3. The van der Waals surface area contributed by atoms with Crippen LogP contribution in [0.15, 0.2) is 0 Å². The summed E-state index contributed by atoms with van der Waals surface area (Å²) in [4.78, 5) is 0. The van der Waals surface area contributed by atoms with E-state index in [0.717, 1.165) is 40.2 Å². The molecule has 0 saturated carbocycles. The fraction of sp³-hybridized carbons (Fsp3) is 1.00. The highest BCUT2D eigenvalue weighted by Crippen LogP contribution is 2.22. The largest absolute Gasteiger partial charge is 0.759 e. The molecule has 0 bridgehead atoms. The van der Waals surface area contributed by atoms with Gasteiger partial charge >= 0.3 is 0 Å².